The second kappa shape index (κ2) is 6.96. The van der Waals surface area contributed by atoms with E-state index < -0.39 is 15.7 Å². The molecule has 0 atom stereocenters. The average molecular weight is 368 g/mol. The molecule has 0 aliphatic heterocycles. The summed E-state index contributed by atoms with van der Waals surface area (Å²) < 4.78 is 5.01. The van der Waals surface area contributed by atoms with Crippen molar-refractivity contribution in [2.75, 3.05) is 0 Å². The lowest BCUT2D eigenvalue weighted by molar-refractivity contribution is -0.402. The van der Waals surface area contributed by atoms with Crippen LogP contribution in [0.5, 0.6) is 0 Å². The van der Waals surface area contributed by atoms with Crippen LogP contribution in [-0.4, -0.2) is 14.8 Å². The molecule has 2 heterocycles. The van der Waals surface area contributed by atoms with Crippen LogP contribution in [0.25, 0.3) is 22.9 Å². The largest absolute Gasteiger partial charge is 0.433 e. The SMILES string of the molecule is N#CC(=Cc1ccc([N+](=O)[O-])o1)c1nc(-c2ccc([N+](=O)[O-])cc2)cs1. The fourth-order valence-electron chi connectivity index (χ4n) is 2.09. The summed E-state index contributed by atoms with van der Waals surface area (Å²) in [5, 5.41) is 32.8. The first kappa shape index (κ1) is 17.0. The van der Waals surface area contributed by atoms with Crippen LogP contribution >= 0.6 is 11.3 Å². The molecule has 0 spiro atoms. The molecule has 0 fully saturated rings. The van der Waals surface area contributed by atoms with Crippen LogP contribution in [0.15, 0.2) is 46.2 Å². The van der Waals surface area contributed by atoms with E-state index in [1.807, 2.05) is 6.07 Å². The van der Waals surface area contributed by atoms with E-state index in [0.29, 0.717) is 16.3 Å². The predicted octanol–water partition coefficient (Wildman–Crippen LogP) is 4.28. The van der Waals surface area contributed by atoms with Crippen LogP contribution in [-0.2, 0) is 0 Å². The zero-order chi connectivity index (χ0) is 18.7. The second-order valence-electron chi connectivity index (χ2n) is 4.94. The maximum Gasteiger partial charge on any atom is 0.433 e. The summed E-state index contributed by atoms with van der Waals surface area (Å²) in [6, 6.07) is 10.5. The van der Waals surface area contributed by atoms with Crippen molar-refractivity contribution in [2.24, 2.45) is 0 Å². The maximum atomic E-state index is 10.7. The molecule has 26 heavy (non-hydrogen) atoms. The van der Waals surface area contributed by atoms with E-state index in [2.05, 4.69) is 4.98 Å². The second-order valence-corrected chi connectivity index (χ2v) is 5.80. The highest BCUT2D eigenvalue weighted by Crippen LogP contribution is 2.29. The van der Waals surface area contributed by atoms with Gasteiger partial charge in [-0.2, -0.15) is 5.26 Å². The Bertz CT molecular complexity index is 1060. The van der Waals surface area contributed by atoms with Gasteiger partial charge in [0, 0.05) is 29.2 Å². The van der Waals surface area contributed by atoms with Crippen molar-refractivity contribution in [3.05, 3.63) is 72.8 Å². The zero-order valence-corrected chi connectivity index (χ0v) is 13.7. The Morgan fingerprint density at radius 3 is 2.46 bits per heavy atom. The van der Waals surface area contributed by atoms with Crippen LogP contribution in [0.4, 0.5) is 11.6 Å². The molecule has 2 aromatic heterocycles. The molecular formula is C16H8N4O5S. The predicted molar refractivity (Wildman–Crippen MR) is 93.1 cm³/mol. The Morgan fingerprint density at radius 2 is 1.88 bits per heavy atom. The van der Waals surface area contributed by atoms with Gasteiger partial charge in [-0.3, -0.25) is 20.2 Å². The number of nitriles is 1. The maximum absolute atomic E-state index is 10.7. The van der Waals surface area contributed by atoms with E-state index in [1.165, 1.54) is 41.7 Å². The van der Waals surface area contributed by atoms with E-state index in [1.54, 1.807) is 17.5 Å². The fraction of sp³-hybridized carbons (Fsp3) is 0. The summed E-state index contributed by atoms with van der Waals surface area (Å²) in [5.74, 6) is -0.250. The molecule has 9 nitrogen and oxygen atoms in total. The van der Waals surface area contributed by atoms with Gasteiger partial charge < -0.3 is 4.42 Å². The highest BCUT2D eigenvalue weighted by Gasteiger charge is 2.14. The number of aromatic nitrogens is 1. The number of furan rings is 1. The number of benzene rings is 1. The van der Waals surface area contributed by atoms with Crippen LogP contribution in [0.1, 0.15) is 10.8 Å². The molecule has 0 aliphatic rings. The molecule has 0 aliphatic carbocycles. The summed E-state index contributed by atoms with van der Waals surface area (Å²) in [6.45, 7) is 0. The smallest absolute Gasteiger partial charge is 0.401 e. The van der Waals surface area contributed by atoms with E-state index >= 15 is 0 Å². The molecule has 10 heteroatoms. The summed E-state index contributed by atoms with van der Waals surface area (Å²) >= 11 is 1.21. The topological polar surface area (TPSA) is 136 Å². The Labute approximate surface area is 149 Å². The normalized spacial score (nSPS) is 11.1. The quantitative estimate of drug-likeness (QED) is 0.372. The molecule has 3 rings (SSSR count). The number of nitrogens with zero attached hydrogens (tertiary/aromatic N) is 4. The minimum Gasteiger partial charge on any atom is -0.401 e. The number of hydrogen-bond donors (Lipinski definition) is 0. The molecule has 0 unspecified atom stereocenters. The van der Waals surface area contributed by atoms with Crippen LogP contribution in [0.3, 0.4) is 0 Å². The Balaban J connectivity index is 1.89. The van der Waals surface area contributed by atoms with E-state index in [4.69, 9.17) is 4.42 Å². The number of thiazole rings is 1. The number of nitro groups is 2. The van der Waals surface area contributed by atoms with Gasteiger partial charge >= 0.3 is 5.88 Å². The summed E-state index contributed by atoms with van der Waals surface area (Å²) in [7, 11) is 0. The number of allylic oxidation sites excluding steroid dienone is 1. The third kappa shape index (κ3) is 3.47. The van der Waals surface area contributed by atoms with Crippen LogP contribution in [0, 0.1) is 31.6 Å². The van der Waals surface area contributed by atoms with E-state index in [-0.39, 0.29) is 17.0 Å². The molecule has 0 radical (unpaired) electrons. The highest BCUT2D eigenvalue weighted by molar-refractivity contribution is 7.11. The van der Waals surface area contributed by atoms with Gasteiger partial charge in [-0.15, -0.1) is 11.3 Å². The zero-order valence-electron chi connectivity index (χ0n) is 12.9. The number of non-ortho nitro benzene ring substituents is 1. The van der Waals surface area contributed by atoms with Crippen molar-refractivity contribution in [3.8, 4) is 17.3 Å². The fourth-order valence-corrected chi connectivity index (χ4v) is 2.88. The summed E-state index contributed by atoms with van der Waals surface area (Å²) in [6.07, 6.45) is 1.37. The van der Waals surface area contributed by atoms with Gasteiger partial charge in [0.2, 0.25) is 0 Å². The Kier molecular flexibility index (Phi) is 4.55. The number of nitro benzene ring substituents is 1. The monoisotopic (exact) mass is 368 g/mol. The summed E-state index contributed by atoms with van der Waals surface area (Å²) in [5.41, 5.74) is 1.39. The Morgan fingerprint density at radius 1 is 1.15 bits per heavy atom. The molecule has 0 saturated carbocycles. The standard InChI is InChI=1S/C16H8N4O5S/c17-8-11(7-13-5-6-15(25-13)20(23)24)16-18-14(9-26-16)10-1-3-12(4-2-10)19(21)22/h1-7,9H. The van der Waals surface area contributed by atoms with Gasteiger partial charge in [0.15, 0.2) is 0 Å². The van der Waals surface area contributed by atoms with Gasteiger partial charge in [0.25, 0.3) is 5.69 Å². The molecule has 0 saturated heterocycles. The van der Waals surface area contributed by atoms with Gasteiger partial charge in [0.1, 0.15) is 21.8 Å². The molecular weight excluding hydrogens is 360 g/mol. The van der Waals surface area contributed by atoms with Crippen molar-refractivity contribution in [1.82, 2.24) is 4.98 Å². The van der Waals surface area contributed by atoms with Gasteiger partial charge in [0.05, 0.1) is 22.3 Å². The molecule has 0 bridgehead atoms. The summed E-state index contributed by atoms with van der Waals surface area (Å²) in [4.78, 5) is 24.5. The average Bonchev–Trinajstić information content (AvgIpc) is 3.29. The minimum atomic E-state index is -0.667. The lowest BCUT2D eigenvalue weighted by atomic mass is 10.1. The van der Waals surface area contributed by atoms with Gasteiger partial charge in [-0.25, -0.2) is 4.98 Å². The Hall–Kier alpha value is -3.84. The minimum absolute atomic E-state index is 0.0266. The van der Waals surface area contributed by atoms with Crippen LogP contribution in [0.2, 0.25) is 0 Å². The van der Waals surface area contributed by atoms with Crippen molar-refractivity contribution in [3.63, 3.8) is 0 Å². The van der Waals surface area contributed by atoms with Crippen molar-refractivity contribution in [1.29, 1.82) is 5.26 Å². The number of hydrogen-bond acceptors (Lipinski definition) is 8. The first-order chi connectivity index (χ1) is 12.5. The molecule has 1 aromatic carbocycles. The third-order valence-electron chi connectivity index (χ3n) is 3.31. The lowest BCUT2D eigenvalue weighted by Crippen LogP contribution is -1.87. The highest BCUT2D eigenvalue weighted by atomic mass is 32.1. The molecule has 0 amide bonds. The van der Waals surface area contributed by atoms with Crippen LogP contribution < -0.4 is 0 Å². The van der Waals surface area contributed by atoms with Crippen molar-refractivity contribution < 1.29 is 14.3 Å². The van der Waals surface area contributed by atoms with Crippen molar-refractivity contribution >= 4 is 34.6 Å². The number of rotatable bonds is 5. The lowest BCUT2D eigenvalue weighted by Gasteiger charge is -1.96. The van der Waals surface area contributed by atoms with E-state index in [9.17, 15) is 25.5 Å². The first-order valence-electron chi connectivity index (χ1n) is 7.04. The molecule has 128 valence electrons. The van der Waals surface area contributed by atoms with Crippen molar-refractivity contribution in [2.45, 2.75) is 0 Å². The first-order valence-corrected chi connectivity index (χ1v) is 7.92. The van der Waals surface area contributed by atoms with Gasteiger partial charge in [-0.05, 0) is 18.2 Å². The molecule has 3 aromatic rings. The molecule has 0 N–H and O–H groups in total. The van der Waals surface area contributed by atoms with E-state index in [0.717, 1.165) is 0 Å². The van der Waals surface area contributed by atoms with Gasteiger partial charge in [-0.1, -0.05) is 0 Å². The third-order valence-corrected chi connectivity index (χ3v) is 4.18.